The highest BCUT2D eigenvalue weighted by Crippen LogP contribution is 2.31. The number of fused-ring (bicyclic) bond motifs is 1. The van der Waals surface area contributed by atoms with Gasteiger partial charge in [0, 0.05) is 37.2 Å². The fraction of sp³-hybridized carbons (Fsp3) is 0.579. The number of nitrogens with one attached hydrogen (secondary N) is 1. The molecule has 1 fully saturated rings. The first-order chi connectivity index (χ1) is 21.0. The van der Waals surface area contributed by atoms with Crippen LogP contribution >= 0.6 is 11.3 Å². The molecule has 0 aromatic carbocycles. The first-order valence-electron chi connectivity index (χ1n) is 18.0. The Hall–Kier alpha value is -1.86. The molecule has 0 unspecified atom stereocenters. The molecule has 142 valence electrons. The third-order valence-electron chi connectivity index (χ3n) is 3.17. The van der Waals surface area contributed by atoms with Crippen molar-refractivity contribution in [2.75, 3.05) is 26.0 Å². The maximum atomic E-state index is 13.7. The number of hydrogen-bond acceptors (Lipinski definition) is 5. The number of likely N-dealkylation sites (tertiary alicyclic amines) is 1. The van der Waals surface area contributed by atoms with E-state index in [2.05, 4.69) is 0 Å². The van der Waals surface area contributed by atoms with Crippen molar-refractivity contribution in [2.24, 2.45) is 0 Å². The molecule has 1 amide bonds. The first-order valence-corrected chi connectivity index (χ1v) is 7.84. The van der Waals surface area contributed by atoms with Gasteiger partial charge >= 0.3 is 0 Å². The Morgan fingerprint density at radius 2 is 2.35 bits per heavy atom. The quantitative estimate of drug-likeness (QED) is 0.783. The van der Waals surface area contributed by atoms with Gasteiger partial charge in [0.15, 0.2) is 1.41 Å². The highest BCUT2D eigenvalue weighted by molar-refractivity contribution is 7.16. The number of carbonyl (C=O) groups excluding carboxylic acids is 1. The first kappa shape index (κ1) is 5.58. The smallest absolute Gasteiger partial charge is 0.268 e. The van der Waals surface area contributed by atoms with Crippen LogP contribution in [0.25, 0.3) is 10.2 Å². The summed E-state index contributed by atoms with van der Waals surface area (Å²) in [7, 11) is 0. The number of carbonyl (C=O) groups is 1. The molecule has 0 saturated carbocycles. The molecule has 0 bridgehead atoms. The van der Waals surface area contributed by atoms with Gasteiger partial charge in [0.25, 0.3) is 11.5 Å². The van der Waals surface area contributed by atoms with Crippen molar-refractivity contribution in [1.29, 1.82) is 0 Å². The molecule has 0 atom stereocenters. The molecule has 2 N–H and O–H groups in total. The summed E-state index contributed by atoms with van der Waals surface area (Å²) in [5.74, 6) is -3.35. The zero-order valence-electron chi connectivity index (χ0n) is 34.9. The van der Waals surface area contributed by atoms with Gasteiger partial charge in [-0.05, 0) is 63.8 Å². The summed E-state index contributed by atoms with van der Waals surface area (Å²) in [5.41, 5.74) is -3.56. The third kappa shape index (κ3) is 3.78. The monoisotopic (exact) mass is 399 g/mol. The molecule has 2 aromatic heterocycles. The molecule has 0 spiro atoms. The zero-order chi connectivity index (χ0) is 38.0. The molecule has 6 nitrogen and oxygen atoms in total. The number of aromatic nitrogens is 1. The highest BCUT2D eigenvalue weighted by atomic mass is 32.1. The lowest BCUT2D eigenvalue weighted by Crippen LogP contribution is -2.36. The minimum absolute atomic E-state index is 0.126. The number of aromatic hydroxyl groups is 1. The van der Waals surface area contributed by atoms with Crippen LogP contribution in [-0.2, 0) is 0 Å². The summed E-state index contributed by atoms with van der Waals surface area (Å²) in [4.78, 5) is 25.7. The lowest BCUT2D eigenvalue weighted by molar-refractivity contribution is 0.0946. The van der Waals surface area contributed by atoms with Crippen molar-refractivity contribution in [3.8, 4) is 5.75 Å². The van der Waals surface area contributed by atoms with Crippen molar-refractivity contribution in [3.05, 3.63) is 27.3 Å². The summed E-state index contributed by atoms with van der Waals surface area (Å²) in [5, 5.41) is 8.92. The number of nitrogens with zero attached hydrogens (tertiary/aromatic N) is 2. The van der Waals surface area contributed by atoms with Crippen molar-refractivity contribution in [3.63, 3.8) is 0 Å². The van der Waals surface area contributed by atoms with Crippen LogP contribution in [0.15, 0.2) is 16.2 Å². The largest absolute Gasteiger partial charge is 0.506 e. The molecule has 0 radical (unpaired) electrons. The molecule has 7 heteroatoms. The Balaban J connectivity index is 2.19. The second-order valence-electron chi connectivity index (χ2n) is 4.75. The molecule has 0 aliphatic carbocycles. The molecular formula is C19H27N3O3S. The number of thiophene rings is 1. The molecule has 1 aliphatic rings. The van der Waals surface area contributed by atoms with Crippen LogP contribution in [-0.4, -0.2) is 46.5 Å². The van der Waals surface area contributed by atoms with Crippen LogP contribution in [0, 0.1) is 0 Å². The Bertz CT molecular complexity index is 1650. The molecular weight excluding hydrogens is 350 g/mol. The van der Waals surface area contributed by atoms with Gasteiger partial charge in [-0.2, -0.15) is 0 Å². The lowest BCUT2D eigenvalue weighted by Gasteiger charge is -2.26. The summed E-state index contributed by atoms with van der Waals surface area (Å²) in [6.07, 6.45) is -13.1. The Kier molecular flexibility index (Phi) is 1.76. The maximum absolute atomic E-state index is 13.7. The minimum atomic E-state index is -3.93. The number of rotatable bonds is 6. The highest BCUT2D eigenvalue weighted by Gasteiger charge is 2.23. The van der Waals surface area contributed by atoms with Gasteiger partial charge in [0.1, 0.15) is 16.1 Å². The molecule has 2 aromatic rings. The zero-order valence-corrected chi connectivity index (χ0v) is 13.7. The summed E-state index contributed by atoms with van der Waals surface area (Å²) in [6, 6.07) is -4.83. The van der Waals surface area contributed by atoms with E-state index in [1.807, 2.05) is 0 Å². The SMILES string of the molecule is [2H]c1sc2c(c1[2H])c(O)c(C(=O)N([2H])CCC([2H])([2H])N1C([2H])([2H])C([2H])([2H])C([2H])([2H])C([2H])([2H])C1([2H])[2H])c(=O)n2C([2H])(C([2H])([2H])[2H])C([2H])([2H])[2H]. The van der Waals surface area contributed by atoms with Crippen LogP contribution in [0.2, 0.25) is 1.41 Å². The normalized spacial score (nSPS) is 39.7. The average Bonchev–Trinajstić information content (AvgIpc) is 3.17. The number of hydrogen-bond donors (Lipinski definition) is 2. The number of amides is 1. The fourth-order valence-corrected chi connectivity index (χ4v) is 2.84. The predicted molar refractivity (Wildman–Crippen MR) is 105 cm³/mol. The van der Waals surface area contributed by atoms with E-state index in [0.29, 0.717) is 0 Å². The lowest BCUT2D eigenvalue weighted by atomic mass is 10.1. The average molecular weight is 400 g/mol. The summed E-state index contributed by atoms with van der Waals surface area (Å²) in [6.45, 7) is -20.4. The minimum Gasteiger partial charge on any atom is -0.506 e. The van der Waals surface area contributed by atoms with Crippen molar-refractivity contribution >= 4 is 27.5 Å². The number of piperidine rings is 1. The van der Waals surface area contributed by atoms with Crippen LogP contribution in [0.1, 0.15) is 84.4 Å². The molecule has 3 heterocycles. The summed E-state index contributed by atoms with van der Waals surface area (Å²) < 4.78 is 176. The van der Waals surface area contributed by atoms with Crippen LogP contribution in [0.5, 0.6) is 5.75 Å². The second-order valence-corrected chi connectivity index (χ2v) is 5.55. The van der Waals surface area contributed by atoms with Gasteiger partial charge < -0.3 is 15.3 Å². The van der Waals surface area contributed by atoms with E-state index in [1.54, 1.807) is 0 Å². The van der Waals surface area contributed by atoms with E-state index >= 15 is 0 Å². The van der Waals surface area contributed by atoms with E-state index in [1.165, 1.54) is 0 Å². The number of pyridine rings is 1. The third-order valence-corrected chi connectivity index (χ3v) is 3.95. The van der Waals surface area contributed by atoms with Crippen molar-refractivity contribution in [2.45, 2.75) is 45.3 Å². The van der Waals surface area contributed by atoms with Gasteiger partial charge in [0.2, 0.25) is 0 Å². The molecule has 3 rings (SSSR count). The molecule has 1 saturated heterocycles. The Labute approximate surface area is 188 Å². The van der Waals surface area contributed by atoms with E-state index in [0.717, 1.165) is 0 Å². The van der Waals surface area contributed by atoms with Gasteiger partial charge in [0.05, 0.1) is 9.50 Å². The standard InChI is InChI=1S/C19H27N3O3S/c1-13(2)22-18(25)15(16(23)14-7-12-26-19(14)22)17(24)20-8-6-11-21-9-4-3-5-10-21/h7,12-13,23H,3-6,8-11H2,1-2H3,(H,20,24)/i1D3,2D3,3D2,4D2,5D2,7D,9D2,10D2,11D2,12D,13D/hD. The van der Waals surface area contributed by atoms with E-state index in [9.17, 15) is 14.7 Å². The van der Waals surface area contributed by atoms with Crippen LogP contribution in [0.4, 0.5) is 0 Å². The van der Waals surface area contributed by atoms with Gasteiger partial charge in [-0.25, -0.2) is 0 Å². The Morgan fingerprint density at radius 1 is 1.58 bits per heavy atom. The maximum Gasteiger partial charge on any atom is 0.268 e. The van der Waals surface area contributed by atoms with Crippen molar-refractivity contribution in [1.82, 2.24) is 14.8 Å². The van der Waals surface area contributed by atoms with Crippen molar-refractivity contribution < 1.29 is 40.1 Å². The molecule has 1 aliphatic heterocycles. The fourth-order valence-electron chi connectivity index (χ4n) is 2.08. The van der Waals surface area contributed by atoms with Crippen LogP contribution in [0.3, 0.4) is 0 Å². The molecule has 26 heavy (non-hydrogen) atoms. The topological polar surface area (TPSA) is 74.6 Å². The van der Waals surface area contributed by atoms with Gasteiger partial charge in [-0.3, -0.25) is 14.2 Å². The van der Waals surface area contributed by atoms with E-state index in [4.69, 9.17) is 30.2 Å². The summed E-state index contributed by atoms with van der Waals surface area (Å²) >= 11 is 0.126. The predicted octanol–water partition coefficient (Wildman–Crippen LogP) is 2.96. The van der Waals surface area contributed by atoms with Gasteiger partial charge in [-0.1, -0.05) is 6.37 Å². The van der Waals surface area contributed by atoms with Crippen LogP contribution < -0.4 is 10.9 Å². The Morgan fingerprint density at radius 3 is 3.08 bits per heavy atom. The van der Waals surface area contributed by atoms with E-state index in [-0.39, 0.29) is 21.2 Å². The van der Waals surface area contributed by atoms with Gasteiger partial charge in [-0.15, -0.1) is 11.3 Å². The van der Waals surface area contributed by atoms with E-state index < -0.39 is 121 Å². The second kappa shape index (κ2) is 8.22.